The lowest BCUT2D eigenvalue weighted by atomic mass is 9.90. The Hall–Kier alpha value is -2.03. The van der Waals surface area contributed by atoms with Crippen LogP contribution in [0.1, 0.15) is 136 Å². The van der Waals surface area contributed by atoms with Crippen molar-refractivity contribution in [2.45, 2.75) is 155 Å². The molecule has 8 nitrogen and oxygen atoms in total. The molecule has 1 rings (SSSR count). The van der Waals surface area contributed by atoms with Gasteiger partial charge in [0, 0.05) is 31.1 Å². The zero-order chi connectivity index (χ0) is 32.6. The predicted molar refractivity (Wildman–Crippen MR) is 174 cm³/mol. The first-order valence-electron chi connectivity index (χ1n) is 17.4. The molecule has 254 valence electrons. The summed E-state index contributed by atoms with van der Waals surface area (Å²) in [4.78, 5) is 36.6. The number of esters is 2. The van der Waals surface area contributed by atoms with Gasteiger partial charge in [0.25, 0.3) is 0 Å². The Balaban J connectivity index is 2.21. The van der Waals surface area contributed by atoms with Crippen LogP contribution in [0.4, 0.5) is 0 Å². The third kappa shape index (κ3) is 19.4. The first kappa shape index (κ1) is 40.0. The Labute approximate surface area is 266 Å². The topological polar surface area (TPSA) is 130 Å². The number of carbonyl (C=O) groups is 3. The normalized spacial score (nSPS) is 20.2. The second-order valence-corrected chi connectivity index (χ2v) is 12.9. The van der Waals surface area contributed by atoms with Gasteiger partial charge in [-0.25, -0.2) is 0 Å². The monoisotopic (exact) mass is 622 g/mol. The quantitative estimate of drug-likeness (QED) is 0.0547. The molecule has 0 heterocycles. The number of Topliss-reactive ketones (excluding diaryl/α,β-unsaturated/α-hetero) is 1. The molecule has 1 aliphatic carbocycles. The second kappa shape index (κ2) is 25.2. The maximum atomic E-state index is 12.4. The van der Waals surface area contributed by atoms with Gasteiger partial charge in [-0.15, -0.1) is 0 Å². The van der Waals surface area contributed by atoms with Crippen molar-refractivity contribution in [2.75, 3.05) is 13.2 Å². The summed E-state index contributed by atoms with van der Waals surface area (Å²) >= 11 is 0. The van der Waals surface area contributed by atoms with Gasteiger partial charge in [0.2, 0.25) is 0 Å². The van der Waals surface area contributed by atoms with E-state index in [-0.39, 0.29) is 37.1 Å². The first-order valence-corrected chi connectivity index (χ1v) is 17.4. The maximum absolute atomic E-state index is 12.4. The first-order chi connectivity index (χ1) is 21.2. The molecule has 0 aromatic heterocycles. The van der Waals surface area contributed by atoms with Crippen LogP contribution in [0.3, 0.4) is 0 Å². The number of aliphatic hydroxyl groups is 3. The van der Waals surface area contributed by atoms with Gasteiger partial charge in [-0.3, -0.25) is 14.4 Å². The van der Waals surface area contributed by atoms with Crippen LogP contribution in [0.15, 0.2) is 24.3 Å². The van der Waals surface area contributed by atoms with Gasteiger partial charge < -0.3 is 24.8 Å². The minimum atomic E-state index is -0.871. The summed E-state index contributed by atoms with van der Waals surface area (Å²) in [5.74, 6) is -0.647. The fourth-order valence-corrected chi connectivity index (χ4v) is 5.54. The van der Waals surface area contributed by atoms with E-state index in [9.17, 15) is 29.7 Å². The number of ketones is 1. The lowest BCUT2D eigenvalue weighted by Crippen LogP contribution is -2.28. The van der Waals surface area contributed by atoms with Gasteiger partial charge in [0.1, 0.15) is 12.4 Å². The van der Waals surface area contributed by atoms with Gasteiger partial charge in [-0.2, -0.15) is 0 Å². The van der Waals surface area contributed by atoms with E-state index >= 15 is 0 Å². The average molecular weight is 623 g/mol. The highest BCUT2D eigenvalue weighted by atomic mass is 16.6. The molecule has 0 radical (unpaired) electrons. The summed E-state index contributed by atoms with van der Waals surface area (Å²) in [5, 5.41) is 30.1. The molecule has 0 aromatic rings. The van der Waals surface area contributed by atoms with Crippen molar-refractivity contribution in [3.8, 4) is 0 Å². The van der Waals surface area contributed by atoms with Crippen molar-refractivity contribution in [3.63, 3.8) is 0 Å². The molecule has 0 amide bonds. The zero-order valence-electron chi connectivity index (χ0n) is 27.8. The van der Waals surface area contributed by atoms with Crippen LogP contribution in [0, 0.1) is 17.8 Å². The van der Waals surface area contributed by atoms with E-state index in [1.165, 1.54) is 32.1 Å². The zero-order valence-corrected chi connectivity index (χ0v) is 27.8. The molecule has 0 saturated heterocycles. The van der Waals surface area contributed by atoms with Crippen molar-refractivity contribution in [1.29, 1.82) is 0 Å². The number of hydrogen-bond donors (Lipinski definition) is 3. The molecule has 0 aliphatic heterocycles. The Kier molecular flexibility index (Phi) is 22.9. The molecule has 1 fully saturated rings. The number of allylic oxidation sites excluding steroid dienone is 3. The van der Waals surface area contributed by atoms with E-state index in [4.69, 9.17) is 9.47 Å². The lowest BCUT2D eigenvalue weighted by Gasteiger charge is -2.17. The Morgan fingerprint density at radius 2 is 1.57 bits per heavy atom. The van der Waals surface area contributed by atoms with Crippen LogP contribution in [-0.2, 0) is 23.9 Å². The molecule has 0 bridgehead atoms. The maximum Gasteiger partial charge on any atom is 0.306 e. The summed E-state index contributed by atoms with van der Waals surface area (Å²) < 4.78 is 10.5. The molecule has 3 N–H and O–H groups in total. The third-order valence-corrected chi connectivity index (χ3v) is 8.30. The molecule has 1 saturated carbocycles. The van der Waals surface area contributed by atoms with Crippen LogP contribution in [0.5, 0.6) is 0 Å². The molecule has 0 aromatic carbocycles. The van der Waals surface area contributed by atoms with Crippen molar-refractivity contribution in [3.05, 3.63) is 24.3 Å². The van der Waals surface area contributed by atoms with Crippen molar-refractivity contribution >= 4 is 17.7 Å². The van der Waals surface area contributed by atoms with Crippen molar-refractivity contribution in [1.82, 2.24) is 0 Å². The predicted octanol–water partition coefficient (Wildman–Crippen LogP) is 6.78. The van der Waals surface area contributed by atoms with Crippen LogP contribution < -0.4 is 0 Å². The lowest BCUT2D eigenvalue weighted by molar-refractivity contribution is -0.161. The fraction of sp³-hybridized carbons (Fsp3) is 0.806. The Morgan fingerprint density at radius 3 is 2.25 bits per heavy atom. The minimum absolute atomic E-state index is 0.00183. The molecule has 44 heavy (non-hydrogen) atoms. The van der Waals surface area contributed by atoms with E-state index in [1.807, 2.05) is 12.2 Å². The van der Waals surface area contributed by atoms with Crippen LogP contribution >= 0.6 is 0 Å². The summed E-state index contributed by atoms with van der Waals surface area (Å²) in [5.41, 5.74) is 0. The smallest absolute Gasteiger partial charge is 0.306 e. The highest BCUT2D eigenvalue weighted by Crippen LogP contribution is 2.33. The van der Waals surface area contributed by atoms with Crippen LogP contribution in [0.25, 0.3) is 0 Å². The third-order valence-electron chi connectivity index (χ3n) is 8.30. The number of ether oxygens (including phenoxy) is 2. The van der Waals surface area contributed by atoms with Gasteiger partial charge in [-0.05, 0) is 38.0 Å². The molecular weight excluding hydrogens is 560 g/mol. The Bertz CT molecular complexity index is 836. The van der Waals surface area contributed by atoms with E-state index in [1.54, 1.807) is 12.2 Å². The fourth-order valence-electron chi connectivity index (χ4n) is 5.54. The summed E-state index contributed by atoms with van der Waals surface area (Å²) in [6.07, 6.45) is 20.4. The van der Waals surface area contributed by atoms with Gasteiger partial charge in [-0.1, -0.05) is 109 Å². The van der Waals surface area contributed by atoms with Crippen LogP contribution in [-0.4, -0.2) is 64.6 Å². The number of hydrogen-bond acceptors (Lipinski definition) is 8. The number of aliphatic hydroxyl groups excluding tert-OH is 3. The molecule has 5 atom stereocenters. The minimum Gasteiger partial charge on any atom is -0.462 e. The van der Waals surface area contributed by atoms with E-state index < -0.39 is 36.8 Å². The van der Waals surface area contributed by atoms with Gasteiger partial charge >= 0.3 is 11.9 Å². The van der Waals surface area contributed by atoms with E-state index in [0.717, 1.165) is 44.4 Å². The standard InChI is InChI=1S/C36H62O8/c1-4-5-13-19-29(38)23-24-32-31(33(39)25-34(32)40)20-15-11-12-17-22-36(42)44-30(26-37)27-43-35(41)21-16-10-8-6-7-9-14-18-28(2)3/h11,15,23-24,28-33,37-39H,4-10,12-14,16-22,25-27H2,1-3H3/b15-11-,24-23+/t29-,30-,31+,32+,33-/m0/s1. The van der Waals surface area contributed by atoms with E-state index in [2.05, 4.69) is 20.8 Å². The molecular formula is C36H62O8. The van der Waals surface area contributed by atoms with Crippen LogP contribution in [0.2, 0.25) is 0 Å². The Morgan fingerprint density at radius 1 is 0.909 bits per heavy atom. The summed E-state index contributed by atoms with van der Waals surface area (Å²) in [6.45, 7) is 6.05. The van der Waals surface area contributed by atoms with Gasteiger partial charge in [0.05, 0.1) is 18.8 Å². The average Bonchev–Trinajstić information content (AvgIpc) is 3.26. The largest absolute Gasteiger partial charge is 0.462 e. The van der Waals surface area contributed by atoms with E-state index in [0.29, 0.717) is 32.1 Å². The molecule has 8 heteroatoms. The summed E-state index contributed by atoms with van der Waals surface area (Å²) in [6, 6.07) is 0. The number of rotatable bonds is 26. The number of unbranched alkanes of at least 4 members (excludes halogenated alkanes) is 9. The molecule has 0 unspecified atom stereocenters. The van der Waals surface area contributed by atoms with Gasteiger partial charge in [0.15, 0.2) is 6.10 Å². The van der Waals surface area contributed by atoms with Crippen molar-refractivity contribution in [2.24, 2.45) is 17.8 Å². The highest BCUT2D eigenvalue weighted by Gasteiger charge is 2.39. The molecule has 0 spiro atoms. The highest BCUT2D eigenvalue weighted by molar-refractivity contribution is 5.86. The van der Waals surface area contributed by atoms with Crippen molar-refractivity contribution < 1.29 is 39.2 Å². The SMILES string of the molecule is CCCCC[C@H](O)/C=C/[C@H]1C(=O)C[C@H](O)[C@@H]1C/C=C\CCCC(=O)O[C@@H](CO)COC(=O)CCCCCCCCCC(C)C. The molecule has 1 aliphatic rings. The second-order valence-electron chi connectivity index (χ2n) is 12.9. The summed E-state index contributed by atoms with van der Waals surface area (Å²) in [7, 11) is 0. The number of carbonyl (C=O) groups excluding carboxylic acids is 3.